The van der Waals surface area contributed by atoms with Gasteiger partial charge < -0.3 is 10.0 Å². The predicted molar refractivity (Wildman–Crippen MR) is 137 cm³/mol. The standard InChI is InChI=1S/C26H22F7N3O2.2ClH/c27-22-4-3-16(9-23(22)37)8-21-15-35(14-17-2-1-5-34-13-17)6-7-36(21)24(38)18-10-19(25(28,29)30)12-20(11-18)26(31,32)33;;/h1-5,9-13,21,37H,6-8,14-15H2;2*1H/t21-;;/m1../s1. The molecule has 1 atom stereocenters. The third-order valence-corrected chi connectivity index (χ3v) is 6.27. The Morgan fingerprint density at radius 1 is 0.925 bits per heavy atom. The molecule has 0 saturated carbocycles. The number of carbonyl (C=O) groups excluding carboxylic acids is 1. The smallest absolute Gasteiger partial charge is 0.416 e. The van der Waals surface area contributed by atoms with Gasteiger partial charge in [0, 0.05) is 50.2 Å². The summed E-state index contributed by atoms with van der Waals surface area (Å²) in [7, 11) is 0. The number of piperazine rings is 1. The lowest BCUT2D eigenvalue weighted by Crippen LogP contribution is -2.55. The van der Waals surface area contributed by atoms with Crippen LogP contribution in [0.15, 0.2) is 60.9 Å². The number of nitrogens with zero attached hydrogens (tertiary/aromatic N) is 3. The van der Waals surface area contributed by atoms with E-state index in [0.29, 0.717) is 30.8 Å². The number of carbonyl (C=O) groups is 1. The van der Waals surface area contributed by atoms with Crippen LogP contribution in [-0.2, 0) is 25.3 Å². The van der Waals surface area contributed by atoms with Crippen LogP contribution in [0.2, 0.25) is 0 Å². The van der Waals surface area contributed by atoms with Gasteiger partial charge in [-0.15, -0.1) is 24.8 Å². The molecule has 1 fully saturated rings. The Hall–Kier alpha value is -3.09. The molecule has 40 heavy (non-hydrogen) atoms. The van der Waals surface area contributed by atoms with Gasteiger partial charge in [0.25, 0.3) is 5.91 Å². The van der Waals surface area contributed by atoms with E-state index in [4.69, 9.17) is 0 Å². The molecule has 0 spiro atoms. The van der Waals surface area contributed by atoms with E-state index in [0.717, 1.165) is 11.6 Å². The zero-order chi connectivity index (χ0) is 27.7. The Labute approximate surface area is 237 Å². The van der Waals surface area contributed by atoms with Gasteiger partial charge in [-0.05, 0) is 53.9 Å². The number of alkyl halides is 6. The number of pyridine rings is 1. The van der Waals surface area contributed by atoms with E-state index in [1.54, 1.807) is 18.5 Å². The van der Waals surface area contributed by atoms with Crippen LogP contribution in [-0.4, -0.2) is 51.5 Å². The number of aromatic nitrogens is 1. The second-order valence-corrected chi connectivity index (χ2v) is 9.03. The van der Waals surface area contributed by atoms with Crippen molar-refractivity contribution in [2.75, 3.05) is 19.6 Å². The molecule has 0 radical (unpaired) electrons. The number of hydrogen-bond acceptors (Lipinski definition) is 4. The Morgan fingerprint density at radius 3 is 2.12 bits per heavy atom. The van der Waals surface area contributed by atoms with Gasteiger partial charge in [-0.3, -0.25) is 14.7 Å². The molecule has 1 amide bonds. The molecule has 1 aromatic heterocycles. The van der Waals surface area contributed by atoms with Gasteiger partial charge >= 0.3 is 12.4 Å². The van der Waals surface area contributed by atoms with Gasteiger partial charge in [0.2, 0.25) is 0 Å². The fourth-order valence-corrected chi connectivity index (χ4v) is 4.46. The van der Waals surface area contributed by atoms with Gasteiger partial charge in [0.15, 0.2) is 11.6 Å². The fraction of sp³-hybridized carbons (Fsp3) is 0.308. The molecule has 0 bridgehead atoms. The van der Waals surface area contributed by atoms with Gasteiger partial charge in [0.1, 0.15) is 0 Å². The van der Waals surface area contributed by atoms with Crippen molar-refractivity contribution in [3.05, 3.63) is 94.6 Å². The van der Waals surface area contributed by atoms with Crippen LogP contribution in [0.4, 0.5) is 30.7 Å². The molecule has 1 aliphatic rings. The largest absolute Gasteiger partial charge is 0.505 e. The Balaban J connectivity index is 0.00000280. The van der Waals surface area contributed by atoms with Crippen LogP contribution in [0.5, 0.6) is 5.75 Å². The van der Waals surface area contributed by atoms with Crippen LogP contribution in [0.25, 0.3) is 0 Å². The summed E-state index contributed by atoms with van der Waals surface area (Å²) in [5.41, 5.74) is -2.58. The highest BCUT2D eigenvalue weighted by Gasteiger charge is 2.39. The summed E-state index contributed by atoms with van der Waals surface area (Å²) >= 11 is 0. The van der Waals surface area contributed by atoms with Crippen molar-refractivity contribution >= 4 is 30.7 Å². The molecule has 0 aliphatic carbocycles. The number of benzene rings is 2. The highest BCUT2D eigenvalue weighted by atomic mass is 35.5. The number of hydrogen-bond donors (Lipinski definition) is 1. The lowest BCUT2D eigenvalue weighted by Gasteiger charge is -2.42. The average molecular weight is 614 g/mol. The predicted octanol–water partition coefficient (Wildman–Crippen LogP) is 6.38. The van der Waals surface area contributed by atoms with E-state index in [2.05, 4.69) is 4.98 Å². The number of phenolic OH excluding ortho intramolecular Hbond substituents is 1. The maximum absolute atomic E-state index is 13.6. The quantitative estimate of drug-likeness (QED) is 0.340. The van der Waals surface area contributed by atoms with E-state index in [1.165, 1.54) is 17.0 Å². The summed E-state index contributed by atoms with van der Waals surface area (Å²) in [6.07, 6.45) is -6.85. The van der Waals surface area contributed by atoms with Crippen molar-refractivity contribution in [2.45, 2.75) is 31.4 Å². The molecule has 2 aromatic carbocycles. The normalized spacial score (nSPS) is 16.2. The second-order valence-electron chi connectivity index (χ2n) is 9.03. The Bertz CT molecular complexity index is 1280. The molecule has 218 valence electrons. The lowest BCUT2D eigenvalue weighted by atomic mass is 9.98. The van der Waals surface area contributed by atoms with Crippen molar-refractivity contribution in [1.82, 2.24) is 14.8 Å². The van der Waals surface area contributed by atoms with E-state index in [9.17, 15) is 40.6 Å². The number of amides is 1. The molecule has 1 N–H and O–H groups in total. The molecule has 0 unspecified atom stereocenters. The summed E-state index contributed by atoms with van der Waals surface area (Å²) in [5.74, 6) is -2.46. The van der Waals surface area contributed by atoms with Crippen molar-refractivity contribution in [3.63, 3.8) is 0 Å². The highest BCUT2D eigenvalue weighted by Crippen LogP contribution is 2.37. The SMILES string of the molecule is Cl.Cl.O=C(c1cc(C(F)(F)F)cc(C(F)(F)F)c1)N1CCN(Cc2cccnc2)C[C@H]1Cc1ccc(F)c(O)c1. The minimum absolute atomic E-state index is 0. The highest BCUT2D eigenvalue weighted by molar-refractivity contribution is 5.95. The number of halogens is 9. The van der Waals surface area contributed by atoms with Gasteiger partial charge in [-0.1, -0.05) is 12.1 Å². The van der Waals surface area contributed by atoms with Crippen molar-refractivity contribution in [3.8, 4) is 5.75 Å². The Kier molecular flexibility index (Phi) is 10.8. The molecule has 4 rings (SSSR count). The van der Waals surface area contributed by atoms with Crippen molar-refractivity contribution < 1.29 is 40.6 Å². The van der Waals surface area contributed by atoms with Crippen LogP contribution in [0.1, 0.15) is 32.6 Å². The van der Waals surface area contributed by atoms with Crippen molar-refractivity contribution in [1.29, 1.82) is 0 Å². The zero-order valence-electron chi connectivity index (χ0n) is 20.5. The number of rotatable bonds is 5. The average Bonchev–Trinajstić information content (AvgIpc) is 2.85. The summed E-state index contributed by atoms with van der Waals surface area (Å²) in [6.45, 7) is 0.998. The van der Waals surface area contributed by atoms with Gasteiger partial charge in [0.05, 0.1) is 11.1 Å². The third kappa shape index (κ3) is 7.98. The zero-order valence-corrected chi connectivity index (χ0v) is 22.2. The monoisotopic (exact) mass is 613 g/mol. The minimum atomic E-state index is -5.09. The summed E-state index contributed by atoms with van der Waals surface area (Å²) in [6, 6.07) is 7.31. The first kappa shape index (κ1) is 33.1. The van der Waals surface area contributed by atoms with E-state index in [-0.39, 0.29) is 50.4 Å². The van der Waals surface area contributed by atoms with Crippen LogP contribution in [0, 0.1) is 5.82 Å². The number of aromatic hydroxyl groups is 1. The van der Waals surface area contributed by atoms with Crippen molar-refractivity contribution in [2.24, 2.45) is 0 Å². The van der Waals surface area contributed by atoms with Crippen LogP contribution < -0.4 is 0 Å². The van der Waals surface area contributed by atoms with Gasteiger partial charge in [-0.2, -0.15) is 26.3 Å². The van der Waals surface area contributed by atoms with Crippen LogP contribution in [0.3, 0.4) is 0 Å². The fourth-order valence-electron chi connectivity index (χ4n) is 4.46. The molecule has 3 aromatic rings. The summed E-state index contributed by atoms with van der Waals surface area (Å²) in [5, 5.41) is 9.76. The molecular formula is C26H24Cl2F7N3O2. The molecular weight excluding hydrogens is 590 g/mol. The van der Waals surface area contributed by atoms with E-state index >= 15 is 0 Å². The molecule has 14 heteroatoms. The molecule has 1 aliphatic heterocycles. The van der Waals surface area contributed by atoms with Gasteiger partial charge in [-0.25, -0.2) is 4.39 Å². The summed E-state index contributed by atoms with van der Waals surface area (Å²) < 4.78 is 93.8. The molecule has 5 nitrogen and oxygen atoms in total. The maximum atomic E-state index is 13.6. The first-order chi connectivity index (χ1) is 17.8. The summed E-state index contributed by atoms with van der Waals surface area (Å²) in [4.78, 5) is 20.7. The molecule has 1 saturated heterocycles. The van der Waals surface area contributed by atoms with Crippen LogP contribution >= 0.6 is 24.8 Å². The number of phenols is 1. The first-order valence-corrected chi connectivity index (χ1v) is 11.5. The molecule has 2 heterocycles. The lowest BCUT2D eigenvalue weighted by molar-refractivity contribution is -0.143. The first-order valence-electron chi connectivity index (χ1n) is 11.5. The van der Waals surface area contributed by atoms with E-state index < -0.39 is 52.6 Å². The minimum Gasteiger partial charge on any atom is -0.505 e. The third-order valence-electron chi connectivity index (χ3n) is 6.27. The topological polar surface area (TPSA) is 56.7 Å². The maximum Gasteiger partial charge on any atom is 0.416 e. The van der Waals surface area contributed by atoms with E-state index in [1.807, 2.05) is 11.0 Å². The Morgan fingerprint density at radius 2 is 1.57 bits per heavy atom. The second kappa shape index (κ2) is 13.0.